The summed E-state index contributed by atoms with van der Waals surface area (Å²) in [5.74, 6) is -1.75. The van der Waals surface area contributed by atoms with Gasteiger partial charge in [-0.1, -0.05) is 18.9 Å². The van der Waals surface area contributed by atoms with Gasteiger partial charge in [0.25, 0.3) is 11.6 Å². The molecule has 0 bridgehead atoms. The number of non-ortho nitro benzene ring substituents is 1. The minimum Gasteiger partial charge on any atom is -0.455 e. The van der Waals surface area contributed by atoms with Crippen LogP contribution in [0.1, 0.15) is 37.7 Å². The zero-order chi connectivity index (χ0) is 20.3. The van der Waals surface area contributed by atoms with Gasteiger partial charge >= 0.3 is 5.97 Å². The van der Waals surface area contributed by atoms with Crippen LogP contribution in [0.25, 0.3) is 0 Å². The van der Waals surface area contributed by atoms with Crippen molar-refractivity contribution in [3.8, 4) is 0 Å². The first kappa shape index (κ1) is 19.8. The molecule has 9 nitrogen and oxygen atoms in total. The van der Waals surface area contributed by atoms with Crippen LogP contribution in [0.3, 0.4) is 0 Å². The maximum absolute atomic E-state index is 12.2. The van der Waals surface area contributed by atoms with Crippen LogP contribution in [0, 0.1) is 23.0 Å². The zero-order valence-corrected chi connectivity index (χ0v) is 15.7. The summed E-state index contributed by atoms with van der Waals surface area (Å²) in [6, 6.07) is 4.34. The van der Waals surface area contributed by atoms with E-state index in [1.165, 1.54) is 18.2 Å². The van der Waals surface area contributed by atoms with Crippen molar-refractivity contribution in [3.05, 3.63) is 33.9 Å². The number of nitro groups is 1. The molecule has 150 valence electrons. The van der Waals surface area contributed by atoms with E-state index >= 15 is 0 Å². The molecule has 2 amide bonds. The fourth-order valence-corrected chi connectivity index (χ4v) is 3.76. The Bertz CT molecular complexity index is 803. The van der Waals surface area contributed by atoms with Crippen molar-refractivity contribution in [1.29, 1.82) is 0 Å². The Morgan fingerprint density at radius 1 is 1.32 bits per heavy atom. The van der Waals surface area contributed by atoms with E-state index in [-0.39, 0.29) is 24.1 Å². The number of nitro benzene ring substituents is 1. The number of hydrogen-bond donors (Lipinski definition) is 1. The lowest BCUT2D eigenvalue weighted by molar-refractivity contribution is -0.384. The van der Waals surface area contributed by atoms with E-state index in [1.807, 2.05) is 0 Å². The Kier molecular flexibility index (Phi) is 5.91. The highest BCUT2D eigenvalue weighted by Gasteiger charge is 2.39. The lowest BCUT2D eigenvalue weighted by atomic mass is 10.1. The van der Waals surface area contributed by atoms with Crippen LogP contribution in [-0.2, 0) is 19.1 Å². The number of nitrogens with zero attached hydrogens (tertiary/aromatic N) is 2. The van der Waals surface area contributed by atoms with E-state index < -0.39 is 29.3 Å². The molecule has 1 saturated carbocycles. The fraction of sp³-hybridized carbons (Fsp3) is 0.526. The van der Waals surface area contributed by atoms with Crippen LogP contribution >= 0.6 is 0 Å². The molecule has 28 heavy (non-hydrogen) atoms. The molecular formula is C19H23N3O6. The minimum absolute atomic E-state index is 0.0366. The molecule has 1 saturated heterocycles. The van der Waals surface area contributed by atoms with Gasteiger partial charge in [0.05, 0.1) is 16.5 Å². The Morgan fingerprint density at radius 2 is 2.04 bits per heavy atom. The fourth-order valence-electron chi connectivity index (χ4n) is 3.76. The summed E-state index contributed by atoms with van der Waals surface area (Å²) in [7, 11) is 0. The second-order valence-electron chi connectivity index (χ2n) is 7.30. The van der Waals surface area contributed by atoms with E-state index in [9.17, 15) is 24.5 Å². The first-order valence-electron chi connectivity index (χ1n) is 9.36. The predicted molar refractivity (Wildman–Crippen MR) is 99.5 cm³/mol. The molecule has 1 atom stereocenters. The second kappa shape index (κ2) is 8.37. The molecule has 1 aromatic carbocycles. The van der Waals surface area contributed by atoms with Gasteiger partial charge in [-0.25, -0.2) is 0 Å². The molecule has 0 radical (unpaired) electrons. The topological polar surface area (TPSA) is 119 Å². The van der Waals surface area contributed by atoms with Gasteiger partial charge in [-0.3, -0.25) is 24.5 Å². The van der Waals surface area contributed by atoms with Crippen molar-refractivity contribution in [2.45, 2.75) is 45.1 Å². The number of aryl methyl sites for hydroxylation is 1. The van der Waals surface area contributed by atoms with Gasteiger partial charge in [0.2, 0.25) is 5.91 Å². The third kappa shape index (κ3) is 4.47. The number of anilines is 1. The molecule has 1 aliphatic heterocycles. The van der Waals surface area contributed by atoms with Gasteiger partial charge in [-0.2, -0.15) is 0 Å². The molecule has 1 N–H and O–H groups in total. The van der Waals surface area contributed by atoms with Crippen LogP contribution in [-0.4, -0.2) is 46.8 Å². The number of carbonyl (C=O) groups excluding carboxylic acids is 3. The monoisotopic (exact) mass is 389 g/mol. The molecule has 1 aliphatic carbocycles. The zero-order valence-electron chi connectivity index (χ0n) is 15.7. The maximum Gasteiger partial charge on any atom is 0.311 e. The van der Waals surface area contributed by atoms with Gasteiger partial charge in [-0.05, 0) is 25.3 Å². The predicted octanol–water partition coefficient (Wildman–Crippen LogP) is 2.18. The van der Waals surface area contributed by atoms with Crippen LogP contribution in [0.5, 0.6) is 0 Å². The van der Waals surface area contributed by atoms with Crippen LogP contribution in [0.15, 0.2) is 18.2 Å². The number of rotatable bonds is 6. The summed E-state index contributed by atoms with van der Waals surface area (Å²) in [4.78, 5) is 48.5. The molecule has 2 aliphatic rings. The summed E-state index contributed by atoms with van der Waals surface area (Å²) in [6.45, 7) is 1.54. The molecule has 1 heterocycles. The molecule has 3 rings (SSSR count). The Labute approximate surface area is 162 Å². The Balaban J connectivity index is 1.51. The number of nitrogens with one attached hydrogen (secondary N) is 1. The third-order valence-corrected chi connectivity index (χ3v) is 5.31. The highest BCUT2D eigenvalue weighted by Crippen LogP contribution is 2.30. The van der Waals surface area contributed by atoms with E-state index in [4.69, 9.17) is 4.74 Å². The van der Waals surface area contributed by atoms with Crippen LogP contribution in [0.2, 0.25) is 0 Å². The number of likely N-dealkylation sites (tertiary alicyclic amines) is 1. The van der Waals surface area contributed by atoms with Crippen molar-refractivity contribution < 1.29 is 24.0 Å². The number of carbonyl (C=O) groups is 3. The SMILES string of the molecule is Cc1ccc([N+](=O)[O-])cc1NC(=O)COC(=O)[C@@H]1CC(=O)N(C2CCCC2)C1. The molecule has 2 fully saturated rings. The number of esters is 1. The molecular weight excluding hydrogens is 366 g/mol. The van der Waals surface area contributed by atoms with Gasteiger partial charge in [-0.15, -0.1) is 0 Å². The van der Waals surface area contributed by atoms with Gasteiger partial charge in [0.15, 0.2) is 6.61 Å². The number of benzene rings is 1. The lowest BCUT2D eigenvalue weighted by Gasteiger charge is -2.23. The molecule has 0 spiro atoms. The Hall–Kier alpha value is -2.97. The number of hydrogen-bond acceptors (Lipinski definition) is 6. The molecule has 0 unspecified atom stereocenters. The van der Waals surface area contributed by atoms with Crippen molar-refractivity contribution in [1.82, 2.24) is 4.90 Å². The first-order valence-corrected chi connectivity index (χ1v) is 9.36. The first-order chi connectivity index (χ1) is 13.3. The summed E-state index contributed by atoms with van der Waals surface area (Å²) in [5.41, 5.74) is 0.798. The standard InChI is InChI=1S/C19H23N3O6/c1-12-6-7-15(22(26)27)9-16(12)20-17(23)11-28-19(25)13-8-18(24)21(10-13)14-4-2-3-5-14/h6-7,9,13-14H,2-5,8,10-11H2,1H3,(H,20,23)/t13-/m1/s1. The highest BCUT2D eigenvalue weighted by molar-refractivity contribution is 5.94. The van der Waals surface area contributed by atoms with Crippen molar-refractivity contribution in [2.24, 2.45) is 5.92 Å². The summed E-state index contributed by atoms with van der Waals surface area (Å²) >= 11 is 0. The quantitative estimate of drug-likeness (QED) is 0.452. The Morgan fingerprint density at radius 3 is 2.71 bits per heavy atom. The van der Waals surface area contributed by atoms with Gasteiger partial charge in [0.1, 0.15) is 0 Å². The normalized spacial score (nSPS) is 19.7. The largest absolute Gasteiger partial charge is 0.455 e. The highest BCUT2D eigenvalue weighted by atomic mass is 16.6. The summed E-state index contributed by atoms with van der Waals surface area (Å²) in [6.07, 6.45) is 4.25. The van der Waals surface area contributed by atoms with Crippen LogP contribution in [0.4, 0.5) is 11.4 Å². The van der Waals surface area contributed by atoms with Gasteiger partial charge < -0.3 is 15.0 Å². The van der Waals surface area contributed by atoms with Gasteiger partial charge in [0, 0.05) is 31.1 Å². The smallest absolute Gasteiger partial charge is 0.311 e. The molecule has 0 aromatic heterocycles. The lowest BCUT2D eigenvalue weighted by Crippen LogP contribution is -2.35. The van der Waals surface area contributed by atoms with Crippen molar-refractivity contribution in [3.63, 3.8) is 0 Å². The van der Waals surface area contributed by atoms with Crippen molar-refractivity contribution >= 4 is 29.2 Å². The average molecular weight is 389 g/mol. The van der Waals surface area contributed by atoms with Crippen molar-refractivity contribution in [2.75, 3.05) is 18.5 Å². The molecule has 1 aromatic rings. The van der Waals surface area contributed by atoms with E-state index in [0.29, 0.717) is 17.8 Å². The summed E-state index contributed by atoms with van der Waals surface area (Å²) < 4.78 is 5.07. The third-order valence-electron chi connectivity index (χ3n) is 5.31. The average Bonchev–Trinajstić information content (AvgIpc) is 3.30. The van der Waals surface area contributed by atoms with E-state index in [0.717, 1.165) is 25.7 Å². The molecule has 9 heteroatoms. The van der Waals surface area contributed by atoms with Crippen LogP contribution < -0.4 is 5.32 Å². The minimum atomic E-state index is -0.589. The number of amides is 2. The maximum atomic E-state index is 12.2. The van der Waals surface area contributed by atoms with E-state index in [2.05, 4.69) is 5.32 Å². The number of ether oxygens (including phenoxy) is 1. The second-order valence-corrected chi connectivity index (χ2v) is 7.30. The van der Waals surface area contributed by atoms with E-state index in [1.54, 1.807) is 11.8 Å². The summed E-state index contributed by atoms with van der Waals surface area (Å²) in [5, 5.41) is 13.4.